The topological polar surface area (TPSA) is 97.5 Å². The predicted molar refractivity (Wildman–Crippen MR) is 215 cm³/mol. The third kappa shape index (κ3) is 9.85. The number of nitrogens with zero attached hydrogens (tertiary/aromatic N) is 3. The van der Waals surface area contributed by atoms with Gasteiger partial charge in [0.2, 0.25) is 0 Å². The molecule has 0 saturated heterocycles. The number of rotatable bonds is 14. The Balaban J connectivity index is 1.24. The maximum Gasteiger partial charge on any atom is 0.164 e. The van der Waals surface area contributed by atoms with Crippen LogP contribution in [0.5, 0.6) is 11.5 Å². The Hall–Kier alpha value is -4.23. The molecule has 53 heavy (non-hydrogen) atoms. The maximum absolute atomic E-state index is 14.1. The monoisotopic (exact) mass is 719 g/mol. The van der Waals surface area contributed by atoms with Crippen LogP contribution in [0.3, 0.4) is 0 Å². The highest BCUT2D eigenvalue weighted by atomic mass is 16.5. The summed E-state index contributed by atoms with van der Waals surface area (Å²) < 4.78 is 7.61. The van der Waals surface area contributed by atoms with Crippen molar-refractivity contribution in [1.82, 2.24) is 15.0 Å². The number of hydrogen-bond acceptors (Lipinski definition) is 6. The molecule has 0 amide bonds. The number of fused-ring (bicyclic) bond motifs is 1. The van der Waals surface area contributed by atoms with E-state index < -0.39 is 11.0 Å². The number of hydrogen-bond donors (Lipinski definition) is 2. The number of phenolic OH excluding ortho intramolecular Hbond substituents is 1. The molecule has 2 aliphatic rings. The smallest absolute Gasteiger partial charge is 0.164 e. The van der Waals surface area contributed by atoms with Gasteiger partial charge >= 0.3 is 0 Å². The molecule has 2 aliphatic carbocycles. The summed E-state index contributed by atoms with van der Waals surface area (Å²) in [4.78, 5) is 14.1. The fraction of sp³-hybridized carbons (Fsp3) is 0.500. The first-order chi connectivity index (χ1) is 25.1. The van der Waals surface area contributed by atoms with Gasteiger partial charge in [-0.05, 0) is 151 Å². The van der Waals surface area contributed by atoms with Crippen LogP contribution in [0.4, 0.5) is 0 Å². The molecule has 0 radical (unpaired) electrons. The lowest BCUT2D eigenvalue weighted by molar-refractivity contribution is -0.169. The van der Waals surface area contributed by atoms with E-state index in [1.54, 1.807) is 29.1 Å². The van der Waals surface area contributed by atoms with E-state index in [0.29, 0.717) is 23.6 Å². The van der Waals surface area contributed by atoms with Crippen LogP contribution in [0.25, 0.3) is 11.8 Å². The first kappa shape index (κ1) is 40.0. The van der Waals surface area contributed by atoms with Gasteiger partial charge in [-0.1, -0.05) is 79.1 Å². The minimum atomic E-state index is -0.785. The number of phenols is 1. The Labute approximate surface area is 317 Å². The molecule has 2 N–H and O–H groups in total. The average molecular weight is 720 g/mol. The highest BCUT2D eigenvalue weighted by Crippen LogP contribution is 2.63. The number of aromatic hydroxyl groups is 1. The van der Waals surface area contributed by atoms with Crippen LogP contribution in [0.2, 0.25) is 0 Å². The fourth-order valence-electron chi connectivity index (χ4n) is 9.13. The molecule has 0 unspecified atom stereocenters. The summed E-state index contributed by atoms with van der Waals surface area (Å²) in [5, 5.41) is 30.0. The van der Waals surface area contributed by atoms with E-state index in [4.69, 9.17) is 4.74 Å². The zero-order valence-electron chi connectivity index (χ0n) is 33.3. The minimum absolute atomic E-state index is 0.0760. The number of carbonyl (C=O) groups is 1. The Morgan fingerprint density at radius 2 is 1.62 bits per heavy atom. The molecule has 1 heterocycles. The van der Waals surface area contributed by atoms with Crippen molar-refractivity contribution in [2.75, 3.05) is 0 Å². The second kappa shape index (κ2) is 16.8. The molecular formula is C46H61N3O4. The highest BCUT2D eigenvalue weighted by Gasteiger charge is 2.61. The summed E-state index contributed by atoms with van der Waals surface area (Å²) in [5.74, 6) is 1.36. The minimum Gasteiger partial charge on any atom is -0.508 e. The highest BCUT2D eigenvalue weighted by molar-refractivity contribution is 6.04. The quantitative estimate of drug-likeness (QED) is 0.127. The van der Waals surface area contributed by atoms with Gasteiger partial charge in [0.1, 0.15) is 23.8 Å². The molecule has 7 heteroatoms. The standard InChI is InChI=1S/C46H61N3O4/c1-32(2)13-9-14-33(3)15-10-16-34(4)17-11-20-42-45(7)29-36(43(51)44(5,6)41(45)25-26-46(42,8)52)27-35-21-23-40(24-22-35)53-31-37-30-49(48-47-37)38-18-12-19-39(50)28-38/h12-13,15,17-19,21-24,27-28,30,41-42,50,52H,9-11,14,16,20,25-26,29,31H2,1-8H3/b33-15+,34-17+,36-27+/t41-,42+,45-,46+/m0/s1. The van der Waals surface area contributed by atoms with Gasteiger partial charge in [0.05, 0.1) is 17.5 Å². The van der Waals surface area contributed by atoms with Crippen LogP contribution >= 0.6 is 0 Å². The van der Waals surface area contributed by atoms with Gasteiger partial charge in [0, 0.05) is 11.5 Å². The lowest BCUT2D eigenvalue weighted by Crippen LogP contribution is -2.60. The number of benzene rings is 2. The molecule has 2 saturated carbocycles. The summed E-state index contributed by atoms with van der Waals surface area (Å²) in [7, 11) is 0. The summed E-state index contributed by atoms with van der Waals surface area (Å²) in [6.07, 6.45) is 19.3. The number of aromatic nitrogens is 3. The Morgan fingerprint density at radius 3 is 2.30 bits per heavy atom. The van der Waals surface area contributed by atoms with Crippen molar-refractivity contribution in [2.45, 2.75) is 125 Å². The van der Waals surface area contributed by atoms with Crippen LogP contribution in [-0.2, 0) is 11.4 Å². The second-order valence-electron chi connectivity index (χ2n) is 17.0. The SMILES string of the molecule is CC(C)=CCC/C(C)=C/CC/C(C)=C/CC[C@@H]1[C@@]2(C)C/C(=C\c3ccc(OCc4cn(-c5cccc(O)c5)nn4)cc3)C(=O)C(C)(C)[C@@H]2CC[C@@]1(C)O. The number of ketones is 1. The van der Waals surface area contributed by atoms with Crippen molar-refractivity contribution >= 4 is 11.9 Å². The van der Waals surface area contributed by atoms with E-state index in [0.717, 1.165) is 62.5 Å². The van der Waals surface area contributed by atoms with Gasteiger partial charge in [-0.15, -0.1) is 5.10 Å². The van der Waals surface area contributed by atoms with Crippen molar-refractivity contribution in [3.63, 3.8) is 0 Å². The maximum atomic E-state index is 14.1. The van der Waals surface area contributed by atoms with Crippen molar-refractivity contribution in [1.29, 1.82) is 0 Å². The van der Waals surface area contributed by atoms with Crippen LogP contribution in [0, 0.1) is 22.7 Å². The largest absolute Gasteiger partial charge is 0.508 e. The first-order valence-corrected chi connectivity index (χ1v) is 19.4. The van der Waals surface area contributed by atoms with E-state index in [1.807, 2.05) is 37.3 Å². The third-order valence-electron chi connectivity index (χ3n) is 11.9. The Bertz CT molecular complexity index is 1850. The van der Waals surface area contributed by atoms with Crippen molar-refractivity contribution < 1.29 is 19.7 Å². The van der Waals surface area contributed by atoms with Crippen molar-refractivity contribution in [3.8, 4) is 17.2 Å². The number of Topliss-reactive ketones (excluding diaryl/α,β-unsaturated/α-hetero) is 1. The molecule has 2 aromatic carbocycles. The molecule has 7 nitrogen and oxygen atoms in total. The molecule has 0 spiro atoms. The van der Waals surface area contributed by atoms with Crippen LogP contribution in [-0.4, -0.2) is 36.6 Å². The lowest BCUT2D eigenvalue weighted by atomic mass is 9.44. The molecule has 4 atom stereocenters. The van der Waals surface area contributed by atoms with Crippen LogP contribution in [0.15, 0.2) is 95.2 Å². The summed E-state index contributed by atoms with van der Waals surface area (Å²) in [6, 6.07) is 14.6. The van der Waals surface area contributed by atoms with E-state index in [9.17, 15) is 15.0 Å². The molecule has 3 aromatic rings. The normalized spacial score (nSPS) is 25.3. The van der Waals surface area contributed by atoms with E-state index in [-0.39, 0.29) is 35.4 Å². The molecule has 0 aliphatic heterocycles. The number of ether oxygens (including phenoxy) is 1. The zero-order valence-corrected chi connectivity index (χ0v) is 33.3. The zero-order chi connectivity index (χ0) is 38.4. The van der Waals surface area contributed by atoms with E-state index in [1.165, 1.54) is 16.7 Å². The molecule has 284 valence electrons. The summed E-state index contributed by atoms with van der Waals surface area (Å²) >= 11 is 0. The summed E-state index contributed by atoms with van der Waals surface area (Å²) in [5.41, 5.74) is 5.89. The van der Waals surface area contributed by atoms with Crippen LogP contribution in [0.1, 0.15) is 124 Å². The fourth-order valence-corrected chi connectivity index (χ4v) is 9.13. The van der Waals surface area contributed by atoms with Gasteiger partial charge in [0.15, 0.2) is 5.78 Å². The Morgan fingerprint density at radius 1 is 0.943 bits per heavy atom. The predicted octanol–water partition coefficient (Wildman–Crippen LogP) is 10.9. The van der Waals surface area contributed by atoms with E-state index >= 15 is 0 Å². The molecular weight excluding hydrogens is 659 g/mol. The summed E-state index contributed by atoms with van der Waals surface area (Å²) in [6.45, 7) is 17.6. The van der Waals surface area contributed by atoms with Crippen molar-refractivity contribution in [2.24, 2.45) is 22.7 Å². The molecule has 0 bridgehead atoms. The van der Waals surface area contributed by atoms with Gasteiger partial charge in [-0.3, -0.25) is 4.79 Å². The first-order valence-electron chi connectivity index (χ1n) is 19.4. The van der Waals surface area contributed by atoms with Crippen molar-refractivity contribution in [3.05, 3.63) is 107 Å². The lowest BCUT2D eigenvalue weighted by Gasteiger charge is -2.61. The molecule has 2 fully saturated rings. The van der Waals surface area contributed by atoms with Gasteiger partial charge < -0.3 is 14.9 Å². The third-order valence-corrected chi connectivity index (χ3v) is 11.9. The molecule has 5 rings (SSSR count). The van der Waals surface area contributed by atoms with Gasteiger partial charge in [-0.25, -0.2) is 4.68 Å². The number of allylic oxidation sites excluding steroid dienone is 7. The Kier molecular flexibility index (Phi) is 12.7. The van der Waals surface area contributed by atoms with Gasteiger partial charge in [-0.2, -0.15) is 0 Å². The molecule has 1 aromatic heterocycles. The van der Waals surface area contributed by atoms with Crippen LogP contribution < -0.4 is 4.74 Å². The van der Waals surface area contributed by atoms with Gasteiger partial charge in [0.25, 0.3) is 0 Å². The van der Waals surface area contributed by atoms with E-state index in [2.05, 4.69) is 83.1 Å². The second-order valence-corrected chi connectivity index (χ2v) is 17.0. The number of carbonyl (C=O) groups excluding carboxylic acids is 1. The average Bonchev–Trinajstić information content (AvgIpc) is 3.57. The number of aliphatic hydroxyl groups is 1.